The summed E-state index contributed by atoms with van der Waals surface area (Å²) < 4.78 is 28.5. The lowest BCUT2D eigenvalue weighted by Gasteiger charge is -2.46. The molecule has 0 spiro atoms. The number of carboxylic acids is 1. The van der Waals surface area contributed by atoms with Gasteiger partial charge in [-0.2, -0.15) is 4.79 Å². The number of aliphatic imine (C=N–C) groups is 1. The molecule has 0 amide bonds. The summed E-state index contributed by atoms with van der Waals surface area (Å²) in [5.41, 5.74) is 0.964. The number of carbonyl (C=O) groups excluding carboxylic acids is 1. The third-order valence-corrected chi connectivity index (χ3v) is 13.5. The fourth-order valence-electron chi connectivity index (χ4n) is 6.98. The lowest BCUT2D eigenvalue weighted by Crippen LogP contribution is -2.65. The third kappa shape index (κ3) is 13.5. The zero-order chi connectivity index (χ0) is 44.9. The maximum Gasteiger partial charge on any atom is 0.430 e. The molecule has 1 aromatic carbocycles. The Hall–Kier alpha value is -2.56. The monoisotopic (exact) mass is 912 g/mol. The molecule has 1 aromatic rings. The summed E-state index contributed by atoms with van der Waals surface area (Å²) in [6.07, 6.45) is -19.2. The van der Waals surface area contributed by atoms with E-state index in [-0.39, 0.29) is 6.54 Å². The Morgan fingerprint density at radius 1 is 1.07 bits per heavy atom. The number of rotatable bonds is 24. The number of anilines is 1. The number of aliphatic hydroxyl groups excluding tert-OH is 11. The highest BCUT2D eigenvalue weighted by atomic mass is 33.1. The third-order valence-electron chi connectivity index (χ3n) is 10.5. The van der Waals surface area contributed by atoms with E-state index < -0.39 is 124 Å². The van der Waals surface area contributed by atoms with E-state index in [4.69, 9.17) is 23.7 Å². The molecule has 3 heterocycles. The van der Waals surface area contributed by atoms with E-state index in [0.29, 0.717) is 23.2 Å². The van der Waals surface area contributed by atoms with E-state index in [1.54, 1.807) is 24.3 Å². The van der Waals surface area contributed by atoms with Crippen molar-refractivity contribution in [3.05, 3.63) is 24.3 Å². The van der Waals surface area contributed by atoms with Crippen molar-refractivity contribution in [1.82, 2.24) is 0 Å². The summed E-state index contributed by atoms with van der Waals surface area (Å²) >= 11 is 0. The van der Waals surface area contributed by atoms with Crippen LogP contribution in [-0.2, 0) is 33.3 Å². The second-order valence-corrected chi connectivity index (χ2v) is 17.7. The van der Waals surface area contributed by atoms with Crippen molar-refractivity contribution in [3.8, 4) is 0 Å². The van der Waals surface area contributed by atoms with Crippen LogP contribution >= 0.6 is 21.6 Å². The molecule has 24 heteroatoms. The Labute approximate surface area is 358 Å². The summed E-state index contributed by atoms with van der Waals surface area (Å²) in [5.74, 6) is -3.55. The molecule has 22 nitrogen and oxygen atoms in total. The van der Waals surface area contributed by atoms with Crippen molar-refractivity contribution in [2.75, 3.05) is 51.1 Å². The maximum absolute atomic E-state index is 12.6. The number of isocyanates is 1. The number of methoxy groups -OCH3 is 1. The number of nitrogens with zero attached hydrogens (tertiary/aromatic N) is 2. The number of hydrogen-bond donors (Lipinski definition) is 13. The summed E-state index contributed by atoms with van der Waals surface area (Å²) in [6, 6.07) is 5.21. The number of carboxylic acid groups (broad SMARTS) is 1. The molecule has 4 rings (SSSR count). The first-order valence-electron chi connectivity index (χ1n) is 19.6. The molecule has 0 bridgehead atoms. The van der Waals surface area contributed by atoms with Crippen LogP contribution in [0.15, 0.2) is 29.3 Å². The van der Waals surface area contributed by atoms with Crippen LogP contribution in [0.5, 0.6) is 0 Å². The van der Waals surface area contributed by atoms with Crippen LogP contribution in [0.3, 0.4) is 0 Å². The second-order valence-electron chi connectivity index (χ2n) is 14.9. The Bertz CT molecular complexity index is 1590. The minimum Gasteiger partial charge on any atom is -0.487 e. The molecular weight excluding hydrogens is 855 g/mol. The van der Waals surface area contributed by atoms with E-state index in [1.165, 1.54) is 18.1 Å². The average molecular weight is 913 g/mol. The summed E-state index contributed by atoms with van der Waals surface area (Å²) in [5, 5.41) is 130. The number of nitrogens with one attached hydrogen (secondary N) is 1. The van der Waals surface area contributed by atoms with Gasteiger partial charge in [0.15, 0.2) is 19.2 Å². The first-order chi connectivity index (χ1) is 29.1. The lowest BCUT2D eigenvalue weighted by molar-refractivity contribution is -0.438. The summed E-state index contributed by atoms with van der Waals surface area (Å²) in [6.45, 7) is -2.95. The summed E-state index contributed by atoms with van der Waals surface area (Å²) in [4.78, 5) is 28.3. The second kappa shape index (κ2) is 24.5. The Balaban J connectivity index is 1.42. The number of aliphatic carboxylic acids is 1. The van der Waals surface area contributed by atoms with Crippen LogP contribution in [-0.4, -0.2) is 227 Å². The van der Waals surface area contributed by atoms with Crippen LogP contribution < -0.4 is 5.32 Å². The number of hydrogen-bond acceptors (Lipinski definition) is 22. The quantitative estimate of drug-likeness (QED) is 0.0119. The van der Waals surface area contributed by atoms with Crippen molar-refractivity contribution in [2.45, 2.75) is 129 Å². The van der Waals surface area contributed by atoms with E-state index in [2.05, 4.69) is 10.3 Å². The highest BCUT2D eigenvalue weighted by Crippen LogP contribution is 2.40. The smallest absolute Gasteiger partial charge is 0.430 e. The first kappa shape index (κ1) is 51.1. The fourth-order valence-corrected chi connectivity index (χ4v) is 10.0. The molecule has 16 unspecified atom stereocenters. The SMILES string of the molecule is COC=NC1C(O)CC(OCC2OC(OC(C(O)CO)C(O)C(O)CNc3cccc([N+](=C=O)CCCCC4CCSS4)c3)C(O)C(O)C2O)(C(=O)O)OC1C(O)C(O)CO. The number of benzene rings is 1. The Morgan fingerprint density at radius 3 is 2.44 bits per heavy atom. The lowest BCUT2D eigenvalue weighted by atomic mass is 9.89. The van der Waals surface area contributed by atoms with E-state index in [0.717, 1.165) is 31.4 Å². The van der Waals surface area contributed by atoms with Gasteiger partial charge in [-0.25, -0.2) is 9.79 Å². The molecule has 0 aliphatic carbocycles. The van der Waals surface area contributed by atoms with Gasteiger partial charge in [0.1, 0.15) is 67.1 Å². The molecule has 0 radical (unpaired) electrons. The normalized spacial score (nSPS) is 32.4. The van der Waals surface area contributed by atoms with Gasteiger partial charge in [-0.05, 0) is 25.3 Å². The van der Waals surface area contributed by atoms with Crippen LogP contribution in [0, 0.1) is 0 Å². The number of carbonyl (C=O) groups is 1. The molecule has 3 aliphatic heterocycles. The van der Waals surface area contributed by atoms with E-state index in [9.17, 15) is 70.9 Å². The zero-order valence-electron chi connectivity index (χ0n) is 33.3. The molecule has 346 valence electrons. The highest BCUT2D eigenvalue weighted by Gasteiger charge is 2.57. The van der Waals surface area contributed by atoms with E-state index >= 15 is 0 Å². The van der Waals surface area contributed by atoms with Crippen molar-refractivity contribution < 1.29 is 99.1 Å². The predicted octanol–water partition coefficient (Wildman–Crippen LogP) is -3.63. The minimum atomic E-state index is -2.83. The van der Waals surface area contributed by atoms with Crippen molar-refractivity contribution >= 4 is 51.4 Å². The maximum atomic E-state index is 12.6. The Kier molecular flexibility index (Phi) is 20.5. The molecular formula is C37H58N3O19S2+. The van der Waals surface area contributed by atoms with Gasteiger partial charge in [-0.3, -0.25) is 0 Å². The number of aliphatic hydroxyl groups is 11. The van der Waals surface area contributed by atoms with Gasteiger partial charge in [0.2, 0.25) is 5.69 Å². The fraction of sp³-hybridized carbons (Fsp3) is 0.757. The largest absolute Gasteiger partial charge is 0.487 e. The zero-order valence-corrected chi connectivity index (χ0v) is 34.9. The van der Waals surface area contributed by atoms with Crippen LogP contribution in [0.2, 0.25) is 0 Å². The van der Waals surface area contributed by atoms with Gasteiger partial charge < -0.3 is 90.3 Å². The van der Waals surface area contributed by atoms with Gasteiger partial charge in [0.05, 0.1) is 39.1 Å². The minimum absolute atomic E-state index is 0.373. The summed E-state index contributed by atoms with van der Waals surface area (Å²) in [7, 11) is 4.98. The highest BCUT2D eigenvalue weighted by molar-refractivity contribution is 8.77. The van der Waals surface area contributed by atoms with Gasteiger partial charge in [-0.15, -0.1) is 4.58 Å². The molecule has 0 aromatic heterocycles. The Morgan fingerprint density at radius 2 is 1.80 bits per heavy atom. The van der Waals surface area contributed by atoms with Crippen LogP contribution in [0.4, 0.5) is 11.4 Å². The van der Waals surface area contributed by atoms with Gasteiger partial charge in [0.25, 0.3) is 5.79 Å². The van der Waals surface area contributed by atoms with E-state index in [1.807, 2.05) is 27.7 Å². The van der Waals surface area contributed by atoms with Gasteiger partial charge in [-0.1, -0.05) is 27.7 Å². The van der Waals surface area contributed by atoms with Gasteiger partial charge in [0, 0.05) is 48.2 Å². The first-order valence-corrected chi connectivity index (χ1v) is 22.0. The molecule has 3 saturated heterocycles. The van der Waals surface area contributed by atoms with Crippen molar-refractivity contribution in [1.29, 1.82) is 0 Å². The molecule has 3 fully saturated rings. The topological polar surface area (TPSA) is 350 Å². The number of ether oxygens (including phenoxy) is 5. The van der Waals surface area contributed by atoms with Crippen molar-refractivity contribution in [3.63, 3.8) is 0 Å². The molecule has 0 saturated carbocycles. The molecule has 61 heavy (non-hydrogen) atoms. The number of unbranched alkanes of at least 4 members (excludes halogenated alkanes) is 1. The standard InChI is InChI=1S/C37H57N3O19S2/c1-55-17-39-27-22(44)12-37(36(53)54,59-34(27)29(49)24(46)14-41)56-16-26-30(50)31(51)32(52)35(57-26)58-33(25(47)15-42)28(48)23(45)13-38-19-5-4-6-20(11-19)40(18-43)9-3-2-7-21-8-10-60-61-21/h4-6,11,17,21-35,38,41-42,44-52H,2-3,7-10,12-16H2,1H3/p+1. The van der Waals surface area contributed by atoms with Crippen molar-refractivity contribution in [2.24, 2.45) is 4.99 Å². The molecule has 13 N–H and O–H groups in total. The van der Waals surface area contributed by atoms with Crippen LogP contribution in [0.25, 0.3) is 0 Å². The van der Waals surface area contributed by atoms with Gasteiger partial charge >= 0.3 is 12.0 Å². The predicted molar refractivity (Wildman–Crippen MR) is 215 cm³/mol. The molecule has 16 atom stereocenters. The van der Waals surface area contributed by atoms with Crippen LogP contribution in [0.1, 0.15) is 32.1 Å². The molecule has 3 aliphatic rings. The average Bonchev–Trinajstić information content (AvgIpc) is 3.79.